The molecule has 0 aromatic heterocycles. The van der Waals surface area contributed by atoms with Crippen molar-refractivity contribution in [2.75, 3.05) is 32.0 Å². The van der Waals surface area contributed by atoms with Gasteiger partial charge in [-0.15, -0.1) is 0 Å². The normalized spacial score (nSPS) is 20.1. The Balaban J connectivity index is 1.61. The quantitative estimate of drug-likeness (QED) is 0.535. The van der Waals surface area contributed by atoms with Crippen LogP contribution in [0.5, 0.6) is 0 Å². The van der Waals surface area contributed by atoms with Gasteiger partial charge in [-0.25, -0.2) is 14.4 Å². The lowest BCUT2D eigenvalue weighted by Crippen LogP contribution is -2.75. The van der Waals surface area contributed by atoms with Crippen LogP contribution in [0, 0.1) is 5.82 Å². The molecule has 2 aliphatic rings. The Morgan fingerprint density at radius 1 is 1.14 bits per heavy atom. The van der Waals surface area contributed by atoms with Crippen LogP contribution in [-0.4, -0.2) is 87.5 Å². The number of nitrogens with zero attached hydrogens (tertiary/aromatic N) is 4. The van der Waals surface area contributed by atoms with Crippen molar-refractivity contribution < 1.29 is 28.7 Å². The van der Waals surface area contributed by atoms with Gasteiger partial charge in [-0.3, -0.25) is 19.2 Å². The van der Waals surface area contributed by atoms with Crippen molar-refractivity contribution in [2.24, 2.45) is 0 Å². The third-order valence-corrected chi connectivity index (χ3v) is 6.80. The van der Waals surface area contributed by atoms with E-state index in [0.717, 1.165) is 0 Å². The van der Waals surface area contributed by atoms with E-state index in [9.17, 15) is 28.7 Å². The van der Waals surface area contributed by atoms with Gasteiger partial charge >= 0.3 is 5.97 Å². The summed E-state index contributed by atoms with van der Waals surface area (Å²) < 4.78 is 13.2. The molecule has 37 heavy (non-hydrogen) atoms. The first kappa shape index (κ1) is 26.4. The molecular formula is C25H27ClFN5O5. The first-order valence-corrected chi connectivity index (χ1v) is 12.1. The fourth-order valence-corrected chi connectivity index (χ4v) is 4.90. The topological polar surface area (TPSA) is 114 Å². The van der Waals surface area contributed by atoms with Crippen LogP contribution in [0.3, 0.4) is 0 Å². The van der Waals surface area contributed by atoms with E-state index in [1.54, 1.807) is 31.3 Å². The molecular weight excluding hydrogens is 505 g/mol. The number of rotatable bonds is 8. The molecule has 3 amide bonds. The molecule has 2 atom stereocenters. The second-order valence-electron chi connectivity index (χ2n) is 8.95. The monoisotopic (exact) mass is 531 g/mol. The van der Waals surface area contributed by atoms with E-state index in [0.29, 0.717) is 16.3 Å². The number of carboxylic acid groups (broad SMARTS) is 1. The number of carbonyl (C=O) groups is 4. The smallest absolute Gasteiger partial charge is 0.303 e. The van der Waals surface area contributed by atoms with Gasteiger partial charge in [0.1, 0.15) is 18.0 Å². The number of benzene rings is 2. The molecule has 0 spiro atoms. The largest absolute Gasteiger partial charge is 0.481 e. The van der Waals surface area contributed by atoms with Gasteiger partial charge in [0, 0.05) is 30.7 Å². The van der Waals surface area contributed by atoms with E-state index in [-0.39, 0.29) is 50.8 Å². The molecule has 0 bridgehead atoms. The molecule has 196 valence electrons. The van der Waals surface area contributed by atoms with Crippen molar-refractivity contribution in [2.45, 2.75) is 31.6 Å². The van der Waals surface area contributed by atoms with Crippen molar-refractivity contribution >= 4 is 41.0 Å². The van der Waals surface area contributed by atoms with Gasteiger partial charge in [-0.05, 0) is 42.3 Å². The highest BCUT2D eigenvalue weighted by molar-refractivity contribution is 6.31. The minimum absolute atomic E-state index is 0.0198. The number of anilines is 1. The lowest BCUT2D eigenvalue weighted by Gasteiger charge is -2.54. The number of hydrogen-bond acceptors (Lipinski definition) is 6. The fraction of sp³-hybridized carbons (Fsp3) is 0.360. The lowest BCUT2D eigenvalue weighted by atomic mass is 10.0. The molecule has 2 fully saturated rings. The summed E-state index contributed by atoms with van der Waals surface area (Å²) in [4.78, 5) is 54.1. The minimum atomic E-state index is -1.09. The van der Waals surface area contributed by atoms with Gasteiger partial charge in [0.2, 0.25) is 11.8 Å². The molecule has 0 saturated carbocycles. The van der Waals surface area contributed by atoms with Gasteiger partial charge in [-0.1, -0.05) is 29.8 Å². The minimum Gasteiger partial charge on any atom is -0.481 e. The van der Waals surface area contributed by atoms with Crippen molar-refractivity contribution in [3.8, 4) is 0 Å². The van der Waals surface area contributed by atoms with Crippen molar-refractivity contribution in [3.63, 3.8) is 0 Å². The first-order chi connectivity index (χ1) is 17.7. The van der Waals surface area contributed by atoms with E-state index >= 15 is 0 Å². The summed E-state index contributed by atoms with van der Waals surface area (Å²) in [6, 6.07) is 11.5. The zero-order valence-electron chi connectivity index (χ0n) is 20.1. The Kier molecular flexibility index (Phi) is 7.94. The third-order valence-electron chi connectivity index (χ3n) is 6.43. The van der Waals surface area contributed by atoms with Crippen molar-refractivity contribution in [3.05, 3.63) is 64.9 Å². The molecule has 2 N–H and O–H groups in total. The number of nitrogens with one attached hydrogen (secondary N) is 1. The predicted molar refractivity (Wildman–Crippen MR) is 133 cm³/mol. The maximum Gasteiger partial charge on any atom is 0.303 e. The number of carboxylic acids is 1. The van der Waals surface area contributed by atoms with Crippen LogP contribution >= 0.6 is 11.6 Å². The van der Waals surface area contributed by atoms with E-state index in [1.807, 2.05) is 0 Å². The summed E-state index contributed by atoms with van der Waals surface area (Å²) >= 11 is 6.32. The second kappa shape index (κ2) is 11.1. The van der Waals surface area contributed by atoms with Crippen LogP contribution in [0.4, 0.5) is 10.1 Å². The number of likely N-dealkylation sites (N-methyl/N-ethyl adjacent to an activating group) is 1. The van der Waals surface area contributed by atoms with Gasteiger partial charge in [0.15, 0.2) is 0 Å². The fourth-order valence-electron chi connectivity index (χ4n) is 4.71. The van der Waals surface area contributed by atoms with E-state index in [1.165, 1.54) is 44.1 Å². The summed E-state index contributed by atoms with van der Waals surface area (Å²) in [5, 5.41) is 15.6. The maximum absolute atomic E-state index is 13.5. The molecule has 10 nitrogen and oxygen atoms in total. The maximum atomic E-state index is 13.5. The second-order valence-corrected chi connectivity index (χ2v) is 9.36. The molecule has 0 radical (unpaired) electrons. The molecule has 2 aromatic carbocycles. The Morgan fingerprint density at radius 2 is 1.84 bits per heavy atom. The highest BCUT2D eigenvalue weighted by Crippen LogP contribution is 2.30. The zero-order valence-corrected chi connectivity index (χ0v) is 20.9. The van der Waals surface area contributed by atoms with Crippen LogP contribution in [-0.2, 0) is 25.7 Å². The summed E-state index contributed by atoms with van der Waals surface area (Å²) in [6.07, 6.45) is -1.25. The van der Waals surface area contributed by atoms with Crippen LogP contribution in [0.1, 0.15) is 18.4 Å². The number of amides is 3. The van der Waals surface area contributed by atoms with E-state index < -0.39 is 29.9 Å². The van der Waals surface area contributed by atoms with Gasteiger partial charge in [-0.2, -0.15) is 0 Å². The Morgan fingerprint density at radius 3 is 2.51 bits per heavy atom. The van der Waals surface area contributed by atoms with Crippen LogP contribution in [0.25, 0.3) is 0 Å². The Labute approximate surface area is 218 Å². The highest BCUT2D eigenvalue weighted by atomic mass is 35.5. The lowest BCUT2D eigenvalue weighted by molar-refractivity contribution is -0.202. The highest BCUT2D eigenvalue weighted by Gasteiger charge is 2.50. The number of halogens is 2. The standard InChI is InChI=1S/C25H27ClFN5O5/c1-29-15-23(34)31-20(10-11-24(35)36)25(37)30(13-16-4-2-3-5-19(16)26)14-21(31)32(29)22(33)12-28-18-8-6-17(27)7-9-18/h2-9,20-21,28H,10-15H2,1H3,(H,35,36)/t20-,21-/m0/s1. The van der Waals surface area contributed by atoms with Crippen LogP contribution in [0.15, 0.2) is 48.5 Å². The first-order valence-electron chi connectivity index (χ1n) is 11.7. The van der Waals surface area contributed by atoms with E-state index in [4.69, 9.17) is 11.6 Å². The SMILES string of the molecule is CN1CC(=O)N2[C@@H](CCC(=O)O)C(=O)N(Cc3ccccc3Cl)C[C@@H]2N1C(=O)CNc1ccc(F)cc1. The van der Waals surface area contributed by atoms with Gasteiger partial charge < -0.3 is 20.2 Å². The number of fused-ring (bicyclic) bond motifs is 1. The number of carbonyl (C=O) groups excluding carboxylic acids is 3. The molecule has 2 aromatic rings. The molecule has 0 aliphatic carbocycles. The predicted octanol–water partition coefficient (Wildman–Crippen LogP) is 2.01. The zero-order chi connectivity index (χ0) is 26.7. The number of hydrogen-bond donors (Lipinski definition) is 2. The number of piperazine rings is 1. The van der Waals surface area contributed by atoms with E-state index in [2.05, 4.69) is 5.32 Å². The average molecular weight is 532 g/mol. The van der Waals surface area contributed by atoms with Gasteiger partial charge in [0.25, 0.3) is 5.91 Å². The average Bonchev–Trinajstić information content (AvgIpc) is 2.85. The third kappa shape index (κ3) is 5.83. The summed E-state index contributed by atoms with van der Waals surface area (Å²) in [5.41, 5.74) is 1.23. The number of aliphatic carboxylic acids is 1. The molecule has 2 saturated heterocycles. The van der Waals surface area contributed by atoms with Gasteiger partial charge in [0.05, 0.1) is 19.6 Å². The Hall–Kier alpha value is -3.70. The Bertz CT molecular complexity index is 1200. The van der Waals surface area contributed by atoms with Crippen LogP contribution < -0.4 is 5.32 Å². The molecule has 2 aliphatic heterocycles. The number of hydrazine groups is 1. The summed E-state index contributed by atoms with van der Waals surface area (Å²) in [7, 11) is 1.60. The molecule has 12 heteroatoms. The molecule has 2 heterocycles. The summed E-state index contributed by atoms with van der Waals surface area (Å²) in [5.74, 6) is -2.64. The van der Waals surface area contributed by atoms with Crippen LogP contribution in [0.2, 0.25) is 5.02 Å². The van der Waals surface area contributed by atoms with Crippen molar-refractivity contribution in [1.29, 1.82) is 0 Å². The molecule has 0 unspecified atom stereocenters. The van der Waals surface area contributed by atoms with Crippen molar-refractivity contribution in [1.82, 2.24) is 19.8 Å². The molecule has 4 rings (SSSR count). The summed E-state index contributed by atoms with van der Waals surface area (Å²) in [6.45, 7) is -0.140.